The van der Waals surface area contributed by atoms with Gasteiger partial charge in [0, 0.05) is 33.2 Å². The molecule has 22 heavy (non-hydrogen) atoms. The molecule has 2 unspecified atom stereocenters. The highest BCUT2D eigenvalue weighted by atomic mass is 32.2. The lowest BCUT2D eigenvalue weighted by Crippen LogP contribution is -2.49. The maximum Gasteiger partial charge on any atom is 0.315 e. The maximum atomic E-state index is 11.9. The number of carbonyl (C=O) groups excluding carboxylic acids is 1. The summed E-state index contributed by atoms with van der Waals surface area (Å²) in [4.78, 5) is 11.9. The number of hydrogen-bond acceptors (Lipinski definition) is 3. The first-order valence-electron chi connectivity index (χ1n) is 7.75. The van der Waals surface area contributed by atoms with Crippen LogP contribution in [-0.2, 0) is 10.2 Å². The Bertz CT molecular complexity index is 476. The van der Waals surface area contributed by atoms with E-state index in [1.165, 1.54) is 14.1 Å². The van der Waals surface area contributed by atoms with Crippen molar-refractivity contribution in [3.05, 3.63) is 0 Å². The van der Waals surface area contributed by atoms with E-state index in [-0.39, 0.29) is 25.2 Å². The van der Waals surface area contributed by atoms with Gasteiger partial charge in [-0.2, -0.15) is 12.7 Å². The summed E-state index contributed by atoms with van der Waals surface area (Å²) in [7, 11) is -0.528. The SMILES string of the molecule is CC1CC(C)(C)CCC1NC(=O)NCCNS(=O)(=O)N(C)C. The van der Waals surface area contributed by atoms with Crippen LogP contribution < -0.4 is 15.4 Å². The lowest BCUT2D eigenvalue weighted by atomic mass is 9.70. The van der Waals surface area contributed by atoms with Crippen molar-refractivity contribution in [2.75, 3.05) is 27.2 Å². The highest BCUT2D eigenvalue weighted by Gasteiger charge is 2.32. The predicted octanol–water partition coefficient (Wildman–Crippen LogP) is 0.896. The smallest absolute Gasteiger partial charge is 0.315 e. The summed E-state index contributed by atoms with van der Waals surface area (Å²) in [5, 5.41) is 5.68. The number of nitrogens with one attached hydrogen (secondary N) is 3. The number of nitrogens with zero attached hydrogens (tertiary/aromatic N) is 1. The fourth-order valence-corrected chi connectivity index (χ4v) is 3.48. The van der Waals surface area contributed by atoms with Gasteiger partial charge in [0.2, 0.25) is 0 Å². The number of amides is 2. The van der Waals surface area contributed by atoms with Crippen molar-refractivity contribution >= 4 is 16.2 Å². The Morgan fingerprint density at radius 1 is 1.27 bits per heavy atom. The molecular formula is C14H30N4O3S. The van der Waals surface area contributed by atoms with Crippen molar-refractivity contribution in [2.24, 2.45) is 11.3 Å². The minimum Gasteiger partial charge on any atom is -0.337 e. The van der Waals surface area contributed by atoms with E-state index in [0.29, 0.717) is 11.3 Å². The lowest BCUT2D eigenvalue weighted by Gasteiger charge is -2.39. The van der Waals surface area contributed by atoms with Crippen molar-refractivity contribution in [3.63, 3.8) is 0 Å². The zero-order valence-corrected chi connectivity index (χ0v) is 15.1. The molecule has 0 spiro atoms. The molecule has 0 aromatic rings. The number of hydrogen-bond donors (Lipinski definition) is 3. The van der Waals surface area contributed by atoms with Gasteiger partial charge in [-0.3, -0.25) is 0 Å². The normalized spacial score (nSPS) is 25.0. The first kappa shape index (κ1) is 19.2. The zero-order valence-electron chi connectivity index (χ0n) is 14.3. The molecule has 130 valence electrons. The predicted molar refractivity (Wildman–Crippen MR) is 87.7 cm³/mol. The molecule has 3 N–H and O–H groups in total. The topological polar surface area (TPSA) is 90.5 Å². The molecule has 0 aliphatic heterocycles. The van der Waals surface area contributed by atoms with Gasteiger partial charge >= 0.3 is 6.03 Å². The lowest BCUT2D eigenvalue weighted by molar-refractivity contribution is 0.150. The molecular weight excluding hydrogens is 304 g/mol. The van der Waals surface area contributed by atoms with Crippen LogP contribution in [0.15, 0.2) is 0 Å². The van der Waals surface area contributed by atoms with E-state index < -0.39 is 10.2 Å². The summed E-state index contributed by atoms with van der Waals surface area (Å²) in [5.74, 6) is 0.446. The largest absolute Gasteiger partial charge is 0.337 e. The average Bonchev–Trinajstić information content (AvgIpc) is 2.37. The molecule has 1 aliphatic carbocycles. The van der Waals surface area contributed by atoms with Crippen LogP contribution in [0, 0.1) is 11.3 Å². The van der Waals surface area contributed by atoms with E-state index in [0.717, 1.165) is 23.6 Å². The molecule has 1 saturated carbocycles. The highest BCUT2D eigenvalue weighted by molar-refractivity contribution is 7.87. The van der Waals surface area contributed by atoms with Crippen LogP contribution in [0.1, 0.15) is 40.0 Å². The van der Waals surface area contributed by atoms with Crippen molar-refractivity contribution in [3.8, 4) is 0 Å². The van der Waals surface area contributed by atoms with Gasteiger partial charge in [0.1, 0.15) is 0 Å². The molecule has 7 nitrogen and oxygen atoms in total. The molecule has 8 heteroatoms. The first-order valence-corrected chi connectivity index (χ1v) is 9.19. The summed E-state index contributed by atoms with van der Waals surface area (Å²) < 4.78 is 26.5. The minimum atomic E-state index is -3.43. The third-order valence-electron chi connectivity index (χ3n) is 4.19. The Hall–Kier alpha value is -0.860. The molecule has 1 rings (SSSR count). The zero-order chi connectivity index (χ0) is 17.0. The molecule has 0 saturated heterocycles. The van der Waals surface area contributed by atoms with Crippen LogP contribution in [0.25, 0.3) is 0 Å². The van der Waals surface area contributed by atoms with Gasteiger partial charge in [-0.25, -0.2) is 9.52 Å². The standard InChI is InChI=1S/C14H30N4O3S/c1-11-10-14(2,3)7-6-12(11)17-13(19)15-8-9-16-22(20,21)18(4)5/h11-12,16H,6-10H2,1-5H3,(H2,15,17,19). The van der Waals surface area contributed by atoms with Crippen LogP contribution in [-0.4, -0.2) is 52.0 Å². The Kier molecular flexibility index (Phi) is 6.64. The quantitative estimate of drug-likeness (QED) is 0.630. The molecule has 0 bridgehead atoms. The summed E-state index contributed by atoms with van der Waals surface area (Å²) in [6.45, 7) is 7.11. The summed E-state index contributed by atoms with van der Waals surface area (Å²) in [6.07, 6.45) is 3.18. The second kappa shape index (κ2) is 7.61. The van der Waals surface area contributed by atoms with Crippen molar-refractivity contribution in [2.45, 2.75) is 46.1 Å². The van der Waals surface area contributed by atoms with Crippen molar-refractivity contribution in [1.82, 2.24) is 19.7 Å². The van der Waals surface area contributed by atoms with E-state index in [4.69, 9.17) is 0 Å². The number of rotatable bonds is 6. The Labute approximate surface area is 134 Å². The van der Waals surface area contributed by atoms with Gasteiger partial charge in [-0.15, -0.1) is 0 Å². The molecule has 0 aromatic heterocycles. The van der Waals surface area contributed by atoms with E-state index in [1.807, 2.05) is 0 Å². The summed E-state index contributed by atoms with van der Waals surface area (Å²) in [5.41, 5.74) is 0.346. The molecule has 1 fully saturated rings. The van der Waals surface area contributed by atoms with Gasteiger partial charge in [0.15, 0.2) is 0 Å². The van der Waals surface area contributed by atoms with E-state index in [9.17, 15) is 13.2 Å². The van der Waals surface area contributed by atoms with Crippen LogP contribution >= 0.6 is 0 Å². The second-order valence-corrected chi connectivity index (χ2v) is 9.04. The molecule has 0 aromatic carbocycles. The molecule has 0 radical (unpaired) electrons. The van der Waals surface area contributed by atoms with E-state index >= 15 is 0 Å². The third-order valence-corrected chi connectivity index (χ3v) is 5.72. The van der Waals surface area contributed by atoms with Crippen LogP contribution in [0.2, 0.25) is 0 Å². The van der Waals surface area contributed by atoms with Gasteiger partial charge in [-0.05, 0) is 30.6 Å². The van der Waals surface area contributed by atoms with Gasteiger partial charge in [0.05, 0.1) is 0 Å². The average molecular weight is 334 g/mol. The van der Waals surface area contributed by atoms with Gasteiger partial charge in [0.25, 0.3) is 10.2 Å². The third kappa shape index (κ3) is 6.10. The summed E-state index contributed by atoms with van der Waals surface area (Å²) in [6, 6.07) is -0.0490. The number of urea groups is 1. The van der Waals surface area contributed by atoms with Crippen LogP contribution in [0.5, 0.6) is 0 Å². The van der Waals surface area contributed by atoms with Gasteiger partial charge in [-0.1, -0.05) is 20.8 Å². The van der Waals surface area contributed by atoms with E-state index in [1.54, 1.807) is 0 Å². The van der Waals surface area contributed by atoms with Crippen LogP contribution in [0.3, 0.4) is 0 Å². The van der Waals surface area contributed by atoms with Crippen molar-refractivity contribution < 1.29 is 13.2 Å². The maximum absolute atomic E-state index is 11.9. The minimum absolute atomic E-state index is 0.168. The van der Waals surface area contributed by atoms with Crippen molar-refractivity contribution in [1.29, 1.82) is 0 Å². The fraction of sp³-hybridized carbons (Fsp3) is 0.929. The monoisotopic (exact) mass is 334 g/mol. The molecule has 1 aliphatic rings. The Morgan fingerprint density at radius 2 is 1.91 bits per heavy atom. The Balaban J connectivity index is 2.27. The van der Waals surface area contributed by atoms with E-state index in [2.05, 4.69) is 36.1 Å². The second-order valence-electron chi connectivity index (χ2n) is 7.07. The van der Waals surface area contributed by atoms with Crippen LogP contribution in [0.4, 0.5) is 4.79 Å². The molecule has 2 amide bonds. The molecule has 0 heterocycles. The number of carbonyl (C=O) groups is 1. The van der Waals surface area contributed by atoms with Gasteiger partial charge < -0.3 is 10.6 Å². The molecule has 2 atom stereocenters. The Morgan fingerprint density at radius 3 is 2.45 bits per heavy atom. The fourth-order valence-electron chi connectivity index (χ4n) is 2.87. The summed E-state index contributed by atoms with van der Waals surface area (Å²) >= 11 is 0. The first-order chi connectivity index (χ1) is 10.0. The highest BCUT2D eigenvalue weighted by Crippen LogP contribution is 2.38.